The average molecular weight is 314 g/mol. The van der Waals surface area contributed by atoms with Crippen molar-refractivity contribution in [2.45, 2.75) is 51.5 Å². The summed E-state index contributed by atoms with van der Waals surface area (Å²) in [6.07, 6.45) is 5.93. The molecule has 4 heteroatoms. The highest BCUT2D eigenvalue weighted by molar-refractivity contribution is 5.79. The second-order valence-electron chi connectivity index (χ2n) is 6.68. The molecule has 124 valence electrons. The lowest BCUT2D eigenvalue weighted by molar-refractivity contribution is -0.136. The summed E-state index contributed by atoms with van der Waals surface area (Å²) >= 11 is 0. The van der Waals surface area contributed by atoms with Gasteiger partial charge in [-0.25, -0.2) is 0 Å². The van der Waals surface area contributed by atoms with Crippen molar-refractivity contribution in [3.8, 4) is 0 Å². The SMILES string of the molecule is CC(=O)N1CCc2ccccc2C1CC(=O)N1CCCCCC1. The highest BCUT2D eigenvalue weighted by Gasteiger charge is 2.31. The van der Waals surface area contributed by atoms with Crippen LogP contribution < -0.4 is 0 Å². The first-order valence-corrected chi connectivity index (χ1v) is 8.79. The second-order valence-corrected chi connectivity index (χ2v) is 6.68. The highest BCUT2D eigenvalue weighted by atomic mass is 16.2. The van der Waals surface area contributed by atoms with Crippen molar-refractivity contribution in [3.63, 3.8) is 0 Å². The predicted molar refractivity (Wildman–Crippen MR) is 89.9 cm³/mol. The lowest BCUT2D eigenvalue weighted by atomic mass is 9.90. The molecular weight excluding hydrogens is 288 g/mol. The molecule has 0 spiro atoms. The Balaban J connectivity index is 1.80. The van der Waals surface area contributed by atoms with Crippen LogP contribution in [-0.4, -0.2) is 41.2 Å². The third-order valence-electron chi connectivity index (χ3n) is 5.14. The maximum Gasteiger partial charge on any atom is 0.224 e. The van der Waals surface area contributed by atoms with E-state index >= 15 is 0 Å². The molecule has 1 saturated heterocycles. The lowest BCUT2D eigenvalue weighted by Gasteiger charge is -2.37. The number of hydrogen-bond donors (Lipinski definition) is 0. The van der Waals surface area contributed by atoms with Crippen LogP contribution in [0.3, 0.4) is 0 Å². The lowest BCUT2D eigenvalue weighted by Crippen LogP contribution is -2.42. The number of benzene rings is 1. The number of likely N-dealkylation sites (tertiary alicyclic amines) is 1. The Kier molecular flexibility index (Phi) is 4.99. The van der Waals surface area contributed by atoms with Gasteiger partial charge in [-0.05, 0) is 30.4 Å². The topological polar surface area (TPSA) is 40.6 Å². The molecular formula is C19H26N2O2. The molecule has 0 bridgehead atoms. The zero-order valence-corrected chi connectivity index (χ0v) is 14.0. The van der Waals surface area contributed by atoms with Gasteiger partial charge in [0.1, 0.15) is 0 Å². The Bertz CT molecular complexity index is 576. The third-order valence-corrected chi connectivity index (χ3v) is 5.14. The largest absolute Gasteiger partial charge is 0.343 e. The fourth-order valence-corrected chi connectivity index (χ4v) is 3.86. The number of hydrogen-bond acceptors (Lipinski definition) is 2. The van der Waals surface area contributed by atoms with Crippen molar-refractivity contribution < 1.29 is 9.59 Å². The van der Waals surface area contributed by atoms with E-state index in [-0.39, 0.29) is 17.9 Å². The second kappa shape index (κ2) is 7.16. The molecule has 4 nitrogen and oxygen atoms in total. The minimum Gasteiger partial charge on any atom is -0.343 e. The molecule has 0 N–H and O–H groups in total. The van der Waals surface area contributed by atoms with Gasteiger partial charge in [0.2, 0.25) is 11.8 Å². The van der Waals surface area contributed by atoms with Crippen LogP contribution in [0, 0.1) is 0 Å². The van der Waals surface area contributed by atoms with E-state index in [4.69, 9.17) is 0 Å². The van der Waals surface area contributed by atoms with E-state index in [0.29, 0.717) is 13.0 Å². The summed E-state index contributed by atoms with van der Waals surface area (Å²) in [5, 5.41) is 0. The fraction of sp³-hybridized carbons (Fsp3) is 0.579. The molecule has 2 aliphatic heterocycles. The average Bonchev–Trinajstić information content (AvgIpc) is 2.84. The van der Waals surface area contributed by atoms with Gasteiger partial charge in [-0.1, -0.05) is 37.1 Å². The van der Waals surface area contributed by atoms with E-state index in [1.807, 2.05) is 21.9 Å². The van der Waals surface area contributed by atoms with Crippen LogP contribution in [0.15, 0.2) is 24.3 Å². The maximum atomic E-state index is 12.8. The minimum absolute atomic E-state index is 0.0631. The molecule has 1 unspecified atom stereocenters. The zero-order chi connectivity index (χ0) is 16.2. The number of amides is 2. The summed E-state index contributed by atoms with van der Waals surface area (Å²) in [6, 6.07) is 8.14. The molecule has 0 saturated carbocycles. The summed E-state index contributed by atoms with van der Waals surface area (Å²) in [4.78, 5) is 28.7. The first-order valence-electron chi connectivity index (χ1n) is 8.79. The van der Waals surface area contributed by atoms with Crippen LogP contribution in [0.2, 0.25) is 0 Å². The fourth-order valence-electron chi connectivity index (χ4n) is 3.86. The van der Waals surface area contributed by atoms with Gasteiger partial charge in [0.05, 0.1) is 12.5 Å². The van der Waals surface area contributed by atoms with Crippen LogP contribution >= 0.6 is 0 Å². The zero-order valence-electron chi connectivity index (χ0n) is 14.0. The highest BCUT2D eigenvalue weighted by Crippen LogP contribution is 2.33. The molecule has 2 amide bonds. The van der Waals surface area contributed by atoms with E-state index in [0.717, 1.165) is 37.9 Å². The molecule has 0 radical (unpaired) electrons. The van der Waals surface area contributed by atoms with Crippen molar-refractivity contribution >= 4 is 11.8 Å². The van der Waals surface area contributed by atoms with Gasteiger partial charge in [0, 0.05) is 26.6 Å². The van der Waals surface area contributed by atoms with Crippen LogP contribution in [-0.2, 0) is 16.0 Å². The molecule has 1 aromatic carbocycles. The van der Waals surface area contributed by atoms with Crippen molar-refractivity contribution in [2.75, 3.05) is 19.6 Å². The Morgan fingerprint density at radius 1 is 1.04 bits per heavy atom. The van der Waals surface area contributed by atoms with Crippen LogP contribution in [0.5, 0.6) is 0 Å². The smallest absolute Gasteiger partial charge is 0.224 e. The number of fused-ring (bicyclic) bond motifs is 1. The molecule has 2 heterocycles. The summed E-state index contributed by atoms with van der Waals surface area (Å²) in [5.74, 6) is 0.257. The Morgan fingerprint density at radius 2 is 1.74 bits per heavy atom. The van der Waals surface area contributed by atoms with Crippen LogP contribution in [0.25, 0.3) is 0 Å². The normalized spacial score (nSPS) is 21.5. The van der Waals surface area contributed by atoms with Gasteiger partial charge in [-0.2, -0.15) is 0 Å². The number of carbonyl (C=O) groups is 2. The molecule has 0 aliphatic carbocycles. The summed E-state index contributed by atoms with van der Waals surface area (Å²) < 4.78 is 0. The van der Waals surface area contributed by atoms with Crippen molar-refractivity contribution in [3.05, 3.63) is 35.4 Å². The van der Waals surface area contributed by atoms with Gasteiger partial charge in [0.15, 0.2) is 0 Å². The predicted octanol–water partition coefficient (Wildman–Crippen LogP) is 2.93. The maximum absolute atomic E-state index is 12.8. The molecule has 0 aromatic heterocycles. The van der Waals surface area contributed by atoms with Crippen LogP contribution in [0.1, 0.15) is 56.2 Å². The molecule has 2 aliphatic rings. The van der Waals surface area contributed by atoms with Gasteiger partial charge in [-0.15, -0.1) is 0 Å². The summed E-state index contributed by atoms with van der Waals surface area (Å²) in [6.45, 7) is 4.06. The molecule has 3 rings (SSSR count). The van der Waals surface area contributed by atoms with E-state index in [9.17, 15) is 9.59 Å². The van der Waals surface area contributed by atoms with Crippen molar-refractivity contribution in [1.82, 2.24) is 9.80 Å². The standard InChI is InChI=1S/C19H26N2O2/c1-15(22)21-13-10-16-8-4-5-9-17(16)18(21)14-19(23)20-11-6-2-3-7-12-20/h4-5,8-9,18H,2-3,6-7,10-14H2,1H3. The Labute approximate surface area is 138 Å². The molecule has 1 atom stereocenters. The molecule has 23 heavy (non-hydrogen) atoms. The van der Waals surface area contributed by atoms with Gasteiger partial charge >= 0.3 is 0 Å². The van der Waals surface area contributed by atoms with Gasteiger partial charge in [-0.3, -0.25) is 9.59 Å². The Hall–Kier alpha value is -1.84. The van der Waals surface area contributed by atoms with Crippen molar-refractivity contribution in [2.24, 2.45) is 0 Å². The number of carbonyl (C=O) groups excluding carboxylic acids is 2. The minimum atomic E-state index is -0.104. The van der Waals surface area contributed by atoms with Crippen LogP contribution in [0.4, 0.5) is 0 Å². The van der Waals surface area contributed by atoms with Gasteiger partial charge < -0.3 is 9.80 Å². The Morgan fingerprint density at radius 3 is 2.43 bits per heavy atom. The van der Waals surface area contributed by atoms with Gasteiger partial charge in [0.25, 0.3) is 0 Å². The quantitative estimate of drug-likeness (QED) is 0.842. The molecule has 1 aromatic rings. The molecule has 1 fully saturated rings. The van der Waals surface area contributed by atoms with E-state index in [1.54, 1.807) is 6.92 Å². The number of rotatable bonds is 2. The third kappa shape index (κ3) is 3.57. The summed E-state index contributed by atoms with van der Waals surface area (Å²) in [5.41, 5.74) is 2.43. The summed E-state index contributed by atoms with van der Waals surface area (Å²) in [7, 11) is 0. The first kappa shape index (κ1) is 16.0. The van der Waals surface area contributed by atoms with E-state index in [2.05, 4.69) is 12.1 Å². The first-order chi connectivity index (χ1) is 11.2. The number of nitrogens with zero attached hydrogens (tertiary/aromatic N) is 2. The monoisotopic (exact) mass is 314 g/mol. The van der Waals surface area contributed by atoms with E-state index < -0.39 is 0 Å². The van der Waals surface area contributed by atoms with E-state index in [1.165, 1.54) is 18.4 Å². The van der Waals surface area contributed by atoms with Crippen molar-refractivity contribution in [1.29, 1.82) is 0 Å².